The lowest BCUT2D eigenvalue weighted by molar-refractivity contribution is -0.144. The van der Waals surface area contributed by atoms with Gasteiger partial charge in [0.2, 0.25) is 5.82 Å². The first-order valence-corrected chi connectivity index (χ1v) is 19.5. The summed E-state index contributed by atoms with van der Waals surface area (Å²) in [5.74, 6) is -4.84. The van der Waals surface area contributed by atoms with Gasteiger partial charge in [-0.3, -0.25) is 4.79 Å². The second-order valence-corrected chi connectivity index (χ2v) is 17.3. The predicted octanol–water partition coefficient (Wildman–Crippen LogP) is 7.87. The number of fused-ring (bicyclic) bond motifs is 8. The molecule has 54 heavy (non-hydrogen) atoms. The van der Waals surface area contributed by atoms with Crippen LogP contribution >= 0.6 is 0 Å². The number of carbonyl (C=O) groups excluding carboxylic acids is 1. The molecule has 0 spiro atoms. The number of aromatic nitrogens is 4. The minimum absolute atomic E-state index is 0.00464. The summed E-state index contributed by atoms with van der Waals surface area (Å²) in [4.78, 5) is 19.7. The van der Waals surface area contributed by atoms with Crippen molar-refractivity contribution in [2.45, 2.75) is 65.2 Å². The first-order valence-electron chi connectivity index (χ1n) is 17.6. The van der Waals surface area contributed by atoms with Gasteiger partial charge >= 0.3 is 5.97 Å². The van der Waals surface area contributed by atoms with Crippen LogP contribution in [-0.4, -0.2) is 52.8 Å². The van der Waals surface area contributed by atoms with Crippen molar-refractivity contribution in [1.82, 2.24) is 19.7 Å². The number of hydrogen-bond donors (Lipinski definition) is 1. The van der Waals surface area contributed by atoms with Crippen molar-refractivity contribution in [1.29, 1.82) is 5.26 Å². The summed E-state index contributed by atoms with van der Waals surface area (Å²) in [5, 5.41) is 14.6. The van der Waals surface area contributed by atoms with E-state index in [1.165, 1.54) is 30.1 Å². The Morgan fingerprint density at radius 2 is 1.89 bits per heavy atom. The van der Waals surface area contributed by atoms with Gasteiger partial charge in [-0.25, -0.2) is 26.9 Å². The van der Waals surface area contributed by atoms with Crippen molar-refractivity contribution >= 4 is 26.7 Å². The molecule has 1 aliphatic rings. The zero-order valence-electron chi connectivity index (χ0n) is 31.0. The lowest BCUT2D eigenvalue weighted by atomic mass is 9.75. The molecule has 3 aromatic carbocycles. The van der Waals surface area contributed by atoms with Gasteiger partial charge in [-0.2, -0.15) is 14.8 Å². The number of carbonyl (C=O) groups is 1. The average molecular weight is 762 g/mol. The van der Waals surface area contributed by atoms with E-state index in [4.69, 9.17) is 19.6 Å². The average Bonchev–Trinajstić information content (AvgIpc) is 3.73. The lowest BCUT2D eigenvalue weighted by Gasteiger charge is -2.31. The second-order valence-electron chi connectivity index (χ2n) is 15.1. The van der Waals surface area contributed by atoms with Crippen LogP contribution in [-0.2, 0) is 44.7 Å². The Kier molecular flexibility index (Phi) is 10.4. The Hall–Kier alpha value is -5.16. The topological polar surface area (TPSA) is 140 Å². The van der Waals surface area contributed by atoms with E-state index in [9.17, 15) is 18.5 Å². The van der Waals surface area contributed by atoms with Crippen LogP contribution in [0.3, 0.4) is 0 Å². The summed E-state index contributed by atoms with van der Waals surface area (Å²) in [5.41, 5.74) is -0.113. The minimum atomic E-state index is -3.79. The Morgan fingerprint density at radius 1 is 1.13 bits per heavy atom. The molecule has 284 valence electrons. The number of H-pyrrole nitrogens is 1. The quantitative estimate of drug-likeness (QED) is 0.183. The molecule has 2 atom stereocenters. The number of nitriles is 1. The number of halogens is 3. The summed E-state index contributed by atoms with van der Waals surface area (Å²) < 4.78 is 86.9. The highest BCUT2D eigenvalue weighted by molar-refractivity contribution is 7.91. The molecule has 6 rings (SSSR count). The molecule has 1 N–H and O–H groups in total. The van der Waals surface area contributed by atoms with Crippen molar-refractivity contribution in [2.24, 2.45) is 18.4 Å². The van der Waals surface area contributed by atoms with E-state index in [1.54, 1.807) is 14.0 Å². The molecule has 0 unspecified atom stereocenters. The lowest BCUT2D eigenvalue weighted by Crippen LogP contribution is -2.29. The fraction of sp³-hybridized carbons (Fsp3) is 0.400. The molecule has 1 aliphatic heterocycles. The van der Waals surface area contributed by atoms with Crippen LogP contribution in [0, 0.1) is 40.1 Å². The number of ether oxygens (including phenoxy) is 2. The molecule has 4 bridgehead atoms. The van der Waals surface area contributed by atoms with Gasteiger partial charge in [0.15, 0.2) is 33.1 Å². The van der Waals surface area contributed by atoms with E-state index in [0.717, 1.165) is 17.2 Å². The second kappa shape index (κ2) is 14.6. The Balaban J connectivity index is 1.52. The number of sulfone groups is 1. The zero-order chi connectivity index (χ0) is 39.2. The number of aryl methyl sites for hydroxylation is 2. The number of rotatable bonds is 4. The van der Waals surface area contributed by atoms with E-state index in [2.05, 4.69) is 4.98 Å². The summed E-state index contributed by atoms with van der Waals surface area (Å²) in [7, 11) is -0.817. The number of esters is 1. The molecule has 0 saturated heterocycles. The maximum absolute atomic E-state index is 15.9. The van der Waals surface area contributed by atoms with E-state index in [-0.39, 0.29) is 63.2 Å². The van der Waals surface area contributed by atoms with Gasteiger partial charge in [0, 0.05) is 24.2 Å². The van der Waals surface area contributed by atoms with E-state index < -0.39 is 49.6 Å². The third-order valence-electron chi connectivity index (χ3n) is 10.4. The SMILES string of the molecule is COC(=O)[C@H](C)Cc1cccc([C@@]2(C)CCCC(C)(C)CS(=O)(=O)CCc3c(c(F)c(F)c4[nH]cc(C#N)c34)Oc3ccc(F)c(c3)-c3nc2nn3C)c1. The predicted molar refractivity (Wildman–Crippen MR) is 197 cm³/mol. The van der Waals surface area contributed by atoms with E-state index in [1.807, 2.05) is 51.1 Å². The first kappa shape index (κ1) is 38.6. The Bertz CT molecular complexity index is 2420. The molecule has 5 aromatic rings. The van der Waals surface area contributed by atoms with Gasteiger partial charge in [0.1, 0.15) is 17.6 Å². The molecule has 3 heterocycles. The largest absolute Gasteiger partial charge is 0.469 e. The number of aromatic amines is 1. The standard InChI is InChI=1S/C40H42F3N5O5S/c1-23(37(49)52-6)17-24-9-7-10-26(18-24)40(4)15-8-14-39(2,3)22-54(50,51)16-13-28-31-25(20-44)21-45-34(31)32(42)33(43)35(28)53-27-11-12-30(41)29(19-27)36-46-38(40)47-48(36)5/h7,9-12,18-19,21,23,45H,8,13-17,22H2,1-6H3/t23-,40-/m1/s1. The van der Waals surface area contributed by atoms with Gasteiger partial charge in [0.25, 0.3) is 0 Å². The van der Waals surface area contributed by atoms with Crippen LogP contribution in [0.1, 0.15) is 75.0 Å². The van der Waals surface area contributed by atoms with Crippen LogP contribution < -0.4 is 4.74 Å². The van der Waals surface area contributed by atoms with Crippen molar-refractivity contribution in [3.05, 3.63) is 94.2 Å². The van der Waals surface area contributed by atoms with Crippen LogP contribution in [0.2, 0.25) is 0 Å². The van der Waals surface area contributed by atoms with Crippen LogP contribution in [0.5, 0.6) is 11.5 Å². The summed E-state index contributed by atoms with van der Waals surface area (Å²) in [6, 6.07) is 13.4. The maximum atomic E-state index is 15.9. The van der Waals surface area contributed by atoms with Gasteiger partial charge in [-0.05, 0) is 67.3 Å². The normalized spacial score (nSPS) is 19.1. The van der Waals surface area contributed by atoms with Crippen LogP contribution in [0.15, 0.2) is 48.7 Å². The van der Waals surface area contributed by atoms with E-state index in [0.29, 0.717) is 31.5 Å². The van der Waals surface area contributed by atoms with E-state index >= 15 is 13.2 Å². The van der Waals surface area contributed by atoms with Crippen molar-refractivity contribution < 1.29 is 35.9 Å². The van der Waals surface area contributed by atoms with Gasteiger partial charge < -0.3 is 14.5 Å². The van der Waals surface area contributed by atoms with Crippen molar-refractivity contribution in [3.8, 4) is 29.0 Å². The molecular weight excluding hydrogens is 720 g/mol. The summed E-state index contributed by atoms with van der Waals surface area (Å²) in [6.45, 7) is 7.51. The fourth-order valence-corrected chi connectivity index (χ4v) is 9.49. The third kappa shape index (κ3) is 7.46. The number of methoxy groups -OCH3 is 1. The number of hydrogen-bond acceptors (Lipinski definition) is 8. The monoisotopic (exact) mass is 761 g/mol. The molecule has 0 fully saturated rings. The molecule has 0 aliphatic carbocycles. The molecule has 0 saturated carbocycles. The molecule has 10 nitrogen and oxygen atoms in total. The highest BCUT2D eigenvalue weighted by atomic mass is 32.2. The maximum Gasteiger partial charge on any atom is 0.308 e. The summed E-state index contributed by atoms with van der Waals surface area (Å²) >= 11 is 0. The minimum Gasteiger partial charge on any atom is -0.469 e. The Morgan fingerprint density at radius 3 is 2.61 bits per heavy atom. The molecule has 2 aromatic heterocycles. The van der Waals surface area contributed by atoms with Gasteiger partial charge in [0.05, 0.1) is 46.6 Å². The van der Waals surface area contributed by atoms with Gasteiger partial charge in [-0.1, -0.05) is 51.5 Å². The third-order valence-corrected chi connectivity index (χ3v) is 12.4. The zero-order valence-corrected chi connectivity index (χ0v) is 31.8. The molecule has 0 radical (unpaired) electrons. The smallest absolute Gasteiger partial charge is 0.308 e. The van der Waals surface area contributed by atoms with Crippen molar-refractivity contribution in [2.75, 3.05) is 18.6 Å². The highest BCUT2D eigenvalue weighted by Crippen LogP contribution is 2.42. The number of nitrogens with zero attached hydrogens (tertiary/aromatic N) is 4. The van der Waals surface area contributed by atoms with Crippen molar-refractivity contribution in [3.63, 3.8) is 0 Å². The summed E-state index contributed by atoms with van der Waals surface area (Å²) in [6.07, 6.45) is 2.94. The Labute approximate surface area is 312 Å². The molecule has 14 heteroatoms. The van der Waals surface area contributed by atoms with Crippen LogP contribution in [0.25, 0.3) is 22.3 Å². The fourth-order valence-electron chi connectivity index (χ4n) is 7.49. The highest BCUT2D eigenvalue weighted by Gasteiger charge is 2.36. The van der Waals surface area contributed by atoms with Crippen LogP contribution in [0.4, 0.5) is 13.2 Å². The van der Waals surface area contributed by atoms with Gasteiger partial charge in [-0.15, -0.1) is 0 Å². The molecule has 0 amide bonds. The first-order chi connectivity index (χ1) is 25.5. The number of benzene rings is 3. The number of nitrogens with one attached hydrogen (secondary N) is 1. The molecular formula is C40H42F3N5O5S.